The molecule has 17 nitrogen and oxygen atoms in total. The number of amides is 3. The minimum absolute atomic E-state index is 0.0184. The maximum atomic E-state index is 13.2. The Morgan fingerprint density at radius 1 is 1.09 bits per heavy atom. The summed E-state index contributed by atoms with van der Waals surface area (Å²) < 4.78 is 39.6. The van der Waals surface area contributed by atoms with Crippen LogP contribution in [0.1, 0.15) is 20.8 Å². The van der Waals surface area contributed by atoms with E-state index in [1.165, 1.54) is 15.8 Å². The van der Waals surface area contributed by atoms with Crippen LogP contribution in [0.4, 0.5) is 10.7 Å². The highest BCUT2D eigenvalue weighted by Crippen LogP contribution is 2.28. The Bertz CT molecular complexity index is 1900. The van der Waals surface area contributed by atoms with Gasteiger partial charge in [0, 0.05) is 19.6 Å². The van der Waals surface area contributed by atoms with Crippen molar-refractivity contribution in [1.82, 2.24) is 39.0 Å². The monoisotopic (exact) mass is 675 g/mol. The number of piperazine rings is 1. The van der Waals surface area contributed by atoms with Gasteiger partial charge in [-0.15, -0.1) is 11.3 Å². The molecule has 19 heteroatoms. The third-order valence-corrected chi connectivity index (χ3v) is 9.76. The molecule has 0 aliphatic carbocycles. The van der Waals surface area contributed by atoms with Gasteiger partial charge in [0.15, 0.2) is 11.2 Å². The van der Waals surface area contributed by atoms with Gasteiger partial charge < -0.3 is 29.6 Å². The number of benzene rings is 1. The van der Waals surface area contributed by atoms with E-state index in [4.69, 9.17) is 9.47 Å². The number of carbonyl (C=O) groups is 3. The number of para-hydroxylation sites is 1. The fraction of sp³-hybridized carbons (Fsp3) is 0.444. The van der Waals surface area contributed by atoms with Crippen LogP contribution in [0.5, 0.6) is 0 Å². The van der Waals surface area contributed by atoms with Crippen LogP contribution in [-0.2, 0) is 35.6 Å². The lowest BCUT2D eigenvalue weighted by atomic mass is 10.2. The van der Waals surface area contributed by atoms with E-state index in [9.17, 15) is 27.6 Å². The summed E-state index contributed by atoms with van der Waals surface area (Å²) in [4.78, 5) is 66.7. The van der Waals surface area contributed by atoms with Crippen molar-refractivity contribution in [2.45, 2.75) is 37.3 Å². The summed E-state index contributed by atoms with van der Waals surface area (Å²) >= 11 is 0.976. The van der Waals surface area contributed by atoms with Crippen molar-refractivity contribution in [3.05, 3.63) is 40.9 Å². The van der Waals surface area contributed by atoms with Gasteiger partial charge in [-0.2, -0.15) is 13.4 Å². The molecule has 3 aromatic heterocycles. The van der Waals surface area contributed by atoms with E-state index in [0.29, 0.717) is 10.2 Å². The fourth-order valence-electron chi connectivity index (χ4n) is 4.46. The lowest BCUT2D eigenvalue weighted by Crippen LogP contribution is -2.54. The fourth-order valence-corrected chi connectivity index (χ4v) is 7.17. The first kappa shape index (κ1) is 32.8. The number of ether oxygens (including phenoxy) is 2. The Hall–Kier alpha value is -4.62. The van der Waals surface area contributed by atoms with Gasteiger partial charge in [0.1, 0.15) is 18.7 Å². The molecule has 4 heterocycles. The summed E-state index contributed by atoms with van der Waals surface area (Å²) in [6.07, 6.45) is 0.757. The number of sulfonamides is 1. The number of nitrogens with zero attached hydrogens (tertiary/aromatic N) is 6. The molecule has 0 radical (unpaired) electrons. The van der Waals surface area contributed by atoms with Gasteiger partial charge in [-0.05, 0) is 32.9 Å². The number of carbonyl (C=O) groups excluding carboxylic acids is 3. The third-order valence-electron chi connectivity index (χ3n) is 6.55. The highest BCUT2D eigenvalue weighted by molar-refractivity contribution is 7.91. The molecule has 1 saturated heterocycles. The Kier molecular flexibility index (Phi) is 9.54. The zero-order valence-corrected chi connectivity index (χ0v) is 26.9. The van der Waals surface area contributed by atoms with E-state index in [-0.39, 0.29) is 67.4 Å². The molecule has 1 aromatic carbocycles. The number of imidazole rings is 1. The molecule has 4 aromatic rings. The van der Waals surface area contributed by atoms with E-state index < -0.39 is 45.6 Å². The molecule has 246 valence electrons. The Balaban J connectivity index is 1.14. The standard InChI is InChI=1S/C27H33N9O8S2/c1-27(2,3)44-25(40)29-9-13-43-12-8-28-24-32-22-21(23(39)33-24)30-16-35(22)14-19(37)34-10-11-36(20(38)15-34)46(41,42)26-31-17-6-4-5-7-18(17)45-26/h4-7,16H,8-15H2,1-3H3,(H,29,40)(H2,28,32,33,39). The molecule has 5 rings (SSSR count). The van der Waals surface area contributed by atoms with Crippen molar-refractivity contribution in [1.29, 1.82) is 0 Å². The van der Waals surface area contributed by atoms with E-state index in [0.717, 1.165) is 15.6 Å². The molecule has 3 N–H and O–H groups in total. The lowest BCUT2D eigenvalue weighted by Gasteiger charge is -2.33. The van der Waals surface area contributed by atoms with Gasteiger partial charge in [-0.1, -0.05) is 12.1 Å². The van der Waals surface area contributed by atoms with Gasteiger partial charge in [0.05, 0.1) is 36.3 Å². The van der Waals surface area contributed by atoms with Gasteiger partial charge in [0.25, 0.3) is 21.5 Å². The number of hydrogen-bond donors (Lipinski definition) is 3. The second-order valence-electron chi connectivity index (χ2n) is 11.2. The summed E-state index contributed by atoms with van der Waals surface area (Å²) in [6.45, 7) is 5.35. The molecule has 0 unspecified atom stereocenters. The van der Waals surface area contributed by atoms with Crippen LogP contribution >= 0.6 is 11.3 Å². The molecule has 0 saturated carbocycles. The largest absolute Gasteiger partial charge is 0.444 e. The van der Waals surface area contributed by atoms with Crippen molar-refractivity contribution < 1.29 is 32.3 Å². The molecule has 1 aliphatic heterocycles. The maximum Gasteiger partial charge on any atom is 0.407 e. The number of alkyl carbamates (subject to hydrolysis) is 1. The van der Waals surface area contributed by atoms with Crippen molar-refractivity contribution in [3.8, 4) is 0 Å². The quantitative estimate of drug-likeness (QED) is 0.188. The molecule has 46 heavy (non-hydrogen) atoms. The smallest absolute Gasteiger partial charge is 0.407 e. The molecule has 0 atom stereocenters. The number of aromatic nitrogens is 5. The predicted molar refractivity (Wildman–Crippen MR) is 167 cm³/mol. The number of aromatic amines is 1. The normalized spacial score (nSPS) is 14.2. The van der Waals surface area contributed by atoms with Crippen molar-refractivity contribution in [2.75, 3.05) is 51.3 Å². The number of thiazole rings is 1. The first-order valence-electron chi connectivity index (χ1n) is 14.2. The average molecular weight is 676 g/mol. The summed E-state index contributed by atoms with van der Waals surface area (Å²) in [6, 6.07) is 6.95. The van der Waals surface area contributed by atoms with Crippen LogP contribution in [0.25, 0.3) is 21.4 Å². The highest BCUT2D eigenvalue weighted by atomic mass is 32.2. The zero-order chi connectivity index (χ0) is 33.1. The first-order valence-corrected chi connectivity index (χ1v) is 16.5. The van der Waals surface area contributed by atoms with E-state index >= 15 is 0 Å². The van der Waals surface area contributed by atoms with Crippen LogP contribution < -0.4 is 16.2 Å². The van der Waals surface area contributed by atoms with E-state index in [1.807, 2.05) is 0 Å². The molecule has 0 spiro atoms. The molecular weight excluding hydrogens is 642 g/mol. The number of nitrogens with one attached hydrogen (secondary N) is 3. The van der Waals surface area contributed by atoms with Gasteiger partial charge in [-0.3, -0.25) is 19.4 Å². The molecule has 1 aliphatic rings. The van der Waals surface area contributed by atoms with Crippen molar-refractivity contribution >= 4 is 66.6 Å². The number of hydrogen-bond acceptors (Lipinski definition) is 13. The number of H-pyrrole nitrogens is 1. The van der Waals surface area contributed by atoms with Crippen LogP contribution in [0.2, 0.25) is 0 Å². The van der Waals surface area contributed by atoms with Gasteiger partial charge in [-0.25, -0.2) is 19.1 Å². The number of rotatable bonds is 11. The van der Waals surface area contributed by atoms with Gasteiger partial charge >= 0.3 is 6.09 Å². The third kappa shape index (κ3) is 7.60. The first-order chi connectivity index (χ1) is 21.8. The van der Waals surface area contributed by atoms with Crippen LogP contribution in [0.3, 0.4) is 0 Å². The molecule has 1 fully saturated rings. The molecule has 0 bridgehead atoms. The minimum atomic E-state index is -4.18. The Morgan fingerprint density at radius 2 is 1.85 bits per heavy atom. The number of fused-ring (bicyclic) bond motifs is 2. The second kappa shape index (κ2) is 13.4. The summed E-state index contributed by atoms with van der Waals surface area (Å²) in [7, 11) is -4.18. The topological polar surface area (TPSA) is 211 Å². The SMILES string of the molecule is CC(C)(C)OC(=O)NCCOCCNc1nc2c(ncn2CC(=O)N2CCN(S(=O)(=O)c3nc4ccccc4s3)C(=O)C2)c(=O)[nH]1. The van der Waals surface area contributed by atoms with E-state index in [2.05, 4.69) is 30.6 Å². The highest BCUT2D eigenvalue weighted by Gasteiger charge is 2.37. The van der Waals surface area contributed by atoms with E-state index in [1.54, 1.807) is 45.0 Å². The predicted octanol–water partition coefficient (Wildman–Crippen LogP) is 0.742. The van der Waals surface area contributed by atoms with Crippen molar-refractivity contribution in [3.63, 3.8) is 0 Å². The second-order valence-corrected chi connectivity index (χ2v) is 14.2. The zero-order valence-electron chi connectivity index (χ0n) is 25.3. The Morgan fingerprint density at radius 3 is 2.59 bits per heavy atom. The van der Waals surface area contributed by atoms with Crippen molar-refractivity contribution in [2.24, 2.45) is 0 Å². The van der Waals surface area contributed by atoms with Crippen LogP contribution in [0.15, 0.2) is 39.7 Å². The summed E-state index contributed by atoms with van der Waals surface area (Å²) in [5.41, 5.74) is -0.439. The summed E-state index contributed by atoms with van der Waals surface area (Å²) in [5, 5.41) is 5.52. The van der Waals surface area contributed by atoms with Crippen LogP contribution in [0, 0.1) is 0 Å². The van der Waals surface area contributed by atoms with Gasteiger partial charge in [0.2, 0.25) is 16.2 Å². The minimum Gasteiger partial charge on any atom is -0.444 e. The number of anilines is 1. The summed E-state index contributed by atoms with van der Waals surface area (Å²) in [5.74, 6) is -1.10. The molecular formula is C27H33N9O8S2. The Labute approximate surface area is 267 Å². The maximum absolute atomic E-state index is 13.2. The average Bonchev–Trinajstić information content (AvgIpc) is 3.61. The lowest BCUT2D eigenvalue weighted by molar-refractivity contribution is -0.142. The molecule has 3 amide bonds. The van der Waals surface area contributed by atoms with Crippen LogP contribution in [-0.4, -0.2) is 112 Å².